The van der Waals surface area contributed by atoms with Crippen LogP contribution < -0.4 is 14.8 Å². The predicted molar refractivity (Wildman–Crippen MR) is 84.5 cm³/mol. The average molecular weight is 318 g/mol. The van der Waals surface area contributed by atoms with Crippen LogP contribution >= 0.6 is 11.6 Å². The Balaban J connectivity index is 1.49. The van der Waals surface area contributed by atoms with Gasteiger partial charge in [-0.2, -0.15) is 0 Å². The molecule has 1 amide bonds. The van der Waals surface area contributed by atoms with Gasteiger partial charge in [-0.05, 0) is 42.3 Å². The summed E-state index contributed by atoms with van der Waals surface area (Å²) in [4.78, 5) is 11.9. The molecule has 1 N–H and O–H groups in total. The molecule has 114 valence electrons. The Morgan fingerprint density at radius 3 is 2.82 bits per heavy atom. The molecular formula is C17H16ClNO3. The molecule has 0 saturated carbocycles. The normalized spacial score (nSPS) is 16.3. The second kappa shape index (κ2) is 6.71. The van der Waals surface area contributed by atoms with E-state index in [1.54, 1.807) is 24.3 Å². The van der Waals surface area contributed by atoms with Crippen LogP contribution in [0.15, 0.2) is 48.5 Å². The molecule has 0 fully saturated rings. The Kier molecular flexibility index (Phi) is 4.49. The number of ether oxygens (including phenoxy) is 2. The highest BCUT2D eigenvalue weighted by molar-refractivity contribution is 6.30. The summed E-state index contributed by atoms with van der Waals surface area (Å²) in [5, 5.41) is 3.56. The van der Waals surface area contributed by atoms with Gasteiger partial charge in [0.2, 0.25) is 0 Å². The standard InChI is InChI=1S/C17H16ClNO3/c18-13-5-7-15(8-6-13)21-11-17(20)19-14-9-12-3-1-2-4-16(12)22-10-14/h1-8,14H,9-11H2,(H,19,20). The van der Waals surface area contributed by atoms with Gasteiger partial charge in [0.05, 0.1) is 6.04 Å². The van der Waals surface area contributed by atoms with Crippen LogP contribution in [0.1, 0.15) is 5.56 Å². The van der Waals surface area contributed by atoms with Gasteiger partial charge >= 0.3 is 0 Å². The van der Waals surface area contributed by atoms with Crippen LogP contribution in [0.5, 0.6) is 11.5 Å². The molecule has 0 saturated heterocycles. The van der Waals surface area contributed by atoms with Gasteiger partial charge in [-0.1, -0.05) is 29.8 Å². The van der Waals surface area contributed by atoms with Crippen molar-refractivity contribution >= 4 is 17.5 Å². The molecule has 3 rings (SSSR count). The topological polar surface area (TPSA) is 47.6 Å². The summed E-state index contributed by atoms with van der Waals surface area (Å²) in [6.07, 6.45) is 0.767. The molecule has 0 spiro atoms. The number of hydrogen-bond donors (Lipinski definition) is 1. The van der Waals surface area contributed by atoms with E-state index in [2.05, 4.69) is 5.32 Å². The zero-order chi connectivity index (χ0) is 15.4. The fourth-order valence-corrected chi connectivity index (χ4v) is 2.50. The lowest BCUT2D eigenvalue weighted by molar-refractivity contribution is -0.124. The summed E-state index contributed by atoms with van der Waals surface area (Å²) in [6.45, 7) is 0.448. The molecule has 1 aliphatic heterocycles. The van der Waals surface area contributed by atoms with Crippen molar-refractivity contribution in [3.8, 4) is 11.5 Å². The molecule has 0 aromatic heterocycles. The smallest absolute Gasteiger partial charge is 0.258 e. The minimum Gasteiger partial charge on any atom is -0.491 e. The van der Waals surface area contributed by atoms with Crippen molar-refractivity contribution < 1.29 is 14.3 Å². The third-order valence-electron chi connectivity index (χ3n) is 3.43. The molecule has 4 nitrogen and oxygen atoms in total. The highest BCUT2D eigenvalue weighted by Gasteiger charge is 2.21. The number of nitrogens with one attached hydrogen (secondary N) is 1. The molecule has 0 aliphatic carbocycles. The van der Waals surface area contributed by atoms with Crippen LogP contribution in [0, 0.1) is 0 Å². The number of fused-ring (bicyclic) bond motifs is 1. The van der Waals surface area contributed by atoms with E-state index in [1.807, 2.05) is 24.3 Å². The predicted octanol–water partition coefficient (Wildman–Crippen LogP) is 2.84. The Labute approximate surface area is 134 Å². The lowest BCUT2D eigenvalue weighted by Gasteiger charge is -2.26. The quantitative estimate of drug-likeness (QED) is 0.943. The first-order valence-corrected chi connectivity index (χ1v) is 7.47. The van der Waals surface area contributed by atoms with Crippen molar-refractivity contribution in [1.82, 2.24) is 5.32 Å². The van der Waals surface area contributed by atoms with E-state index in [0.29, 0.717) is 17.4 Å². The van der Waals surface area contributed by atoms with Crippen LogP contribution in [0.3, 0.4) is 0 Å². The van der Waals surface area contributed by atoms with Gasteiger partial charge in [-0.25, -0.2) is 0 Å². The number of carbonyl (C=O) groups is 1. The molecular weight excluding hydrogens is 302 g/mol. The monoisotopic (exact) mass is 317 g/mol. The van der Waals surface area contributed by atoms with Crippen LogP contribution in [0.25, 0.3) is 0 Å². The molecule has 0 radical (unpaired) electrons. The third-order valence-corrected chi connectivity index (χ3v) is 3.68. The van der Waals surface area contributed by atoms with E-state index >= 15 is 0 Å². The number of amides is 1. The summed E-state index contributed by atoms with van der Waals surface area (Å²) in [5.74, 6) is 1.35. The first-order chi connectivity index (χ1) is 10.7. The molecule has 2 aromatic carbocycles. The van der Waals surface area contributed by atoms with Gasteiger partial charge in [-0.3, -0.25) is 4.79 Å². The van der Waals surface area contributed by atoms with Crippen LogP contribution in [-0.4, -0.2) is 25.2 Å². The van der Waals surface area contributed by atoms with Crippen LogP contribution in [0.2, 0.25) is 5.02 Å². The minimum absolute atomic E-state index is 0.0280. The highest BCUT2D eigenvalue weighted by atomic mass is 35.5. The maximum Gasteiger partial charge on any atom is 0.258 e. The summed E-state index contributed by atoms with van der Waals surface area (Å²) in [5.41, 5.74) is 1.11. The number of benzene rings is 2. The SMILES string of the molecule is O=C(COc1ccc(Cl)cc1)NC1COc2ccccc2C1. The van der Waals surface area contributed by atoms with E-state index < -0.39 is 0 Å². The lowest BCUT2D eigenvalue weighted by atomic mass is 10.0. The molecule has 22 heavy (non-hydrogen) atoms. The first-order valence-electron chi connectivity index (χ1n) is 7.09. The minimum atomic E-state index is -0.164. The van der Waals surface area contributed by atoms with Crippen LogP contribution in [0.4, 0.5) is 0 Å². The maximum absolute atomic E-state index is 11.9. The van der Waals surface area contributed by atoms with E-state index in [4.69, 9.17) is 21.1 Å². The first kappa shape index (κ1) is 14.7. The van der Waals surface area contributed by atoms with Gasteiger partial charge in [0.25, 0.3) is 5.91 Å². The number of hydrogen-bond acceptors (Lipinski definition) is 3. The van der Waals surface area contributed by atoms with E-state index in [9.17, 15) is 4.79 Å². The summed E-state index contributed by atoms with van der Waals surface area (Å²) in [7, 11) is 0. The second-order valence-electron chi connectivity index (χ2n) is 5.13. The number of carbonyl (C=O) groups excluding carboxylic acids is 1. The number of rotatable bonds is 4. The molecule has 1 heterocycles. The Hall–Kier alpha value is -2.20. The fourth-order valence-electron chi connectivity index (χ4n) is 2.37. The van der Waals surface area contributed by atoms with E-state index in [0.717, 1.165) is 17.7 Å². The molecule has 1 unspecified atom stereocenters. The molecule has 2 aromatic rings. The van der Waals surface area contributed by atoms with Crippen molar-refractivity contribution in [2.45, 2.75) is 12.5 Å². The largest absolute Gasteiger partial charge is 0.491 e. The van der Waals surface area contributed by atoms with Gasteiger partial charge < -0.3 is 14.8 Å². The highest BCUT2D eigenvalue weighted by Crippen LogP contribution is 2.23. The Bertz CT molecular complexity index is 657. The summed E-state index contributed by atoms with van der Waals surface area (Å²) < 4.78 is 11.1. The van der Waals surface area contributed by atoms with E-state index in [1.165, 1.54) is 0 Å². The lowest BCUT2D eigenvalue weighted by Crippen LogP contribution is -2.44. The van der Waals surface area contributed by atoms with Crippen molar-refractivity contribution in [1.29, 1.82) is 0 Å². The van der Waals surface area contributed by atoms with Gasteiger partial charge in [0, 0.05) is 5.02 Å². The van der Waals surface area contributed by atoms with Crippen molar-refractivity contribution in [3.63, 3.8) is 0 Å². The Morgan fingerprint density at radius 1 is 1.23 bits per heavy atom. The van der Waals surface area contributed by atoms with Gasteiger partial charge in [-0.15, -0.1) is 0 Å². The third kappa shape index (κ3) is 3.71. The van der Waals surface area contributed by atoms with Crippen molar-refractivity contribution in [2.75, 3.05) is 13.2 Å². The second-order valence-corrected chi connectivity index (χ2v) is 5.57. The summed E-state index contributed by atoms with van der Waals surface area (Å²) in [6, 6.07) is 14.7. The zero-order valence-corrected chi connectivity index (χ0v) is 12.7. The van der Waals surface area contributed by atoms with Gasteiger partial charge in [0.1, 0.15) is 18.1 Å². The van der Waals surface area contributed by atoms with E-state index in [-0.39, 0.29) is 18.6 Å². The average Bonchev–Trinajstić information content (AvgIpc) is 2.54. The van der Waals surface area contributed by atoms with Gasteiger partial charge in [0.15, 0.2) is 6.61 Å². The van der Waals surface area contributed by atoms with Crippen molar-refractivity contribution in [3.05, 3.63) is 59.1 Å². The maximum atomic E-state index is 11.9. The number of halogens is 1. The molecule has 0 bridgehead atoms. The molecule has 5 heteroatoms. The molecule has 1 aliphatic rings. The fraction of sp³-hybridized carbons (Fsp3) is 0.235. The summed E-state index contributed by atoms with van der Waals surface area (Å²) >= 11 is 5.80. The Morgan fingerprint density at radius 2 is 2.00 bits per heavy atom. The van der Waals surface area contributed by atoms with Crippen LogP contribution in [-0.2, 0) is 11.2 Å². The zero-order valence-electron chi connectivity index (χ0n) is 11.9. The number of para-hydroxylation sites is 1. The molecule has 1 atom stereocenters. The van der Waals surface area contributed by atoms with Crippen molar-refractivity contribution in [2.24, 2.45) is 0 Å².